The Balaban J connectivity index is 1.88. The van der Waals surface area contributed by atoms with Gasteiger partial charge in [0.25, 0.3) is 0 Å². The molecule has 1 aliphatic carbocycles. The zero-order valence-electron chi connectivity index (χ0n) is 9.89. The van der Waals surface area contributed by atoms with Gasteiger partial charge in [0.15, 0.2) is 9.84 Å². The molecule has 1 aromatic rings. The fourth-order valence-corrected chi connectivity index (χ4v) is 4.39. The first-order chi connectivity index (χ1) is 8.08. The quantitative estimate of drug-likeness (QED) is 0.892. The highest BCUT2D eigenvalue weighted by Gasteiger charge is 2.37. The number of nitrogens with one attached hydrogen (secondary N) is 1. The number of benzene rings is 1. The molecule has 2 unspecified atom stereocenters. The first-order valence-corrected chi connectivity index (χ1v) is 7.81. The number of hydrogen-bond donors (Lipinski definition) is 1. The summed E-state index contributed by atoms with van der Waals surface area (Å²) in [5.74, 6) is 0.953. The minimum atomic E-state index is -3.07. The summed E-state index contributed by atoms with van der Waals surface area (Å²) in [5.41, 5.74) is 0.944. The fraction of sp³-hybridized carbons (Fsp3) is 0.538. The van der Waals surface area contributed by atoms with Crippen molar-refractivity contribution in [2.75, 3.05) is 5.75 Å². The van der Waals surface area contributed by atoms with E-state index in [1.165, 1.54) is 12.8 Å². The molecule has 0 bridgehead atoms. The van der Waals surface area contributed by atoms with Gasteiger partial charge >= 0.3 is 0 Å². The lowest BCUT2D eigenvalue weighted by Gasteiger charge is -2.18. The standard InChI is InChI=1S/C13H17NO2S/c1-9(10-6-7-10)14-12-8-17(15,16)13-5-3-2-4-11(12)13/h2-5,9-10,12,14H,6-8H2,1H3. The van der Waals surface area contributed by atoms with Crippen LogP contribution in [0.5, 0.6) is 0 Å². The maximum atomic E-state index is 12.0. The average molecular weight is 251 g/mol. The van der Waals surface area contributed by atoms with E-state index >= 15 is 0 Å². The van der Waals surface area contributed by atoms with Crippen LogP contribution in [0.2, 0.25) is 0 Å². The Kier molecular flexibility index (Phi) is 2.52. The van der Waals surface area contributed by atoms with E-state index in [-0.39, 0.29) is 11.8 Å². The third kappa shape index (κ3) is 2.00. The van der Waals surface area contributed by atoms with Crippen molar-refractivity contribution < 1.29 is 8.42 Å². The second-order valence-corrected chi connectivity index (χ2v) is 7.17. The number of rotatable bonds is 3. The van der Waals surface area contributed by atoms with Gasteiger partial charge in [-0.3, -0.25) is 0 Å². The van der Waals surface area contributed by atoms with Crippen molar-refractivity contribution in [2.24, 2.45) is 5.92 Å². The van der Waals surface area contributed by atoms with Gasteiger partial charge in [0.2, 0.25) is 0 Å². The predicted octanol–water partition coefficient (Wildman–Crippen LogP) is 1.90. The maximum Gasteiger partial charge on any atom is 0.180 e. The van der Waals surface area contributed by atoms with E-state index in [1.54, 1.807) is 12.1 Å². The van der Waals surface area contributed by atoms with Crippen LogP contribution >= 0.6 is 0 Å². The highest BCUT2D eigenvalue weighted by Crippen LogP contribution is 2.37. The van der Waals surface area contributed by atoms with Gasteiger partial charge in [-0.15, -0.1) is 0 Å². The average Bonchev–Trinajstić information content (AvgIpc) is 3.08. The third-order valence-electron chi connectivity index (χ3n) is 3.81. The van der Waals surface area contributed by atoms with E-state index in [0.29, 0.717) is 10.9 Å². The summed E-state index contributed by atoms with van der Waals surface area (Å²) in [7, 11) is -3.07. The Labute approximate surface area is 102 Å². The van der Waals surface area contributed by atoms with Crippen molar-refractivity contribution in [3.8, 4) is 0 Å². The van der Waals surface area contributed by atoms with Crippen molar-refractivity contribution >= 4 is 9.84 Å². The molecule has 0 radical (unpaired) electrons. The highest BCUT2D eigenvalue weighted by atomic mass is 32.2. The van der Waals surface area contributed by atoms with Crippen molar-refractivity contribution in [3.05, 3.63) is 29.8 Å². The molecule has 0 amide bonds. The van der Waals surface area contributed by atoms with Gasteiger partial charge in [-0.1, -0.05) is 18.2 Å². The smallest absolute Gasteiger partial charge is 0.180 e. The molecule has 1 fully saturated rings. The molecule has 3 nitrogen and oxygen atoms in total. The lowest BCUT2D eigenvalue weighted by Crippen LogP contribution is -2.33. The highest BCUT2D eigenvalue weighted by molar-refractivity contribution is 7.91. The molecule has 1 saturated carbocycles. The summed E-state index contributed by atoms with van der Waals surface area (Å²) in [6, 6.07) is 7.75. The van der Waals surface area contributed by atoms with Gasteiger partial charge in [-0.2, -0.15) is 0 Å². The lowest BCUT2D eigenvalue weighted by atomic mass is 10.1. The molecule has 92 valence electrons. The molecule has 1 aromatic carbocycles. The summed E-state index contributed by atoms with van der Waals surface area (Å²) in [6.07, 6.45) is 2.55. The Morgan fingerprint density at radius 1 is 1.29 bits per heavy atom. The molecule has 2 aliphatic rings. The second kappa shape index (κ2) is 3.82. The van der Waals surface area contributed by atoms with E-state index in [2.05, 4.69) is 12.2 Å². The molecule has 0 saturated heterocycles. The number of hydrogen-bond acceptors (Lipinski definition) is 3. The summed E-state index contributed by atoms with van der Waals surface area (Å²) in [6.45, 7) is 2.16. The van der Waals surface area contributed by atoms with Crippen LogP contribution in [0.25, 0.3) is 0 Å². The Morgan fingerprint density at radius 3 is 2.71 bits per heavy atom. The van der Waals surface area contributed by atoms with Crippen LogP contribution in [0.4, 0.5) is 0 Å². The third-order valence-corrected chi connectivity index (χ3v) is 5.62. The van der Waals surface area contributed by atoms with Crippen molar-refractivity contribution in [3.63, 3.8) is 0 Å². The maximum absolute atomic E-state index is 12.0. The van der Waals surface area contributed by atoms with E-state index in [1.807, 2.05) is 12.1 Å². The van der Waals surface area contributed by atoms with Crippen LogP contribution < -0.4 is 5.32 Å². The minimum absolute atomic E-state index is 0.0215. The van der Waals surface area contributed by atoms with Crippen LogP contribution in [0.1, 0.15) is 31.4 Å². The first kappa shape index (κ1) is 11.2. The van der Waals surface area contributed by atoms with Gasteiger partial charge in [-0.05, 0) is 37.3 Å². The lowest BCUT2D eigenvalue weighted by molar-refractivity contribution is 0.444. The topological polar surface area (TPSA) is 46.2 Å². The minimum Gasteiger partial charge on any atom is -0.306 e. The van der Waals surface area contributed by atoms with E-state index in [9.17, 15) is 8.42 Å². The van der Waals surface area contributed by atoms with Crippen LogP contribution in [0.15, 0.2) is 29.2 Å². The largest absolute Gasteiger partial charge is 0.306 e. The van der Waals surface area contributed by atoms with E-state index in [0.717, 1.165) is 11.5 Å². The van der Waals surface area contributed by atoms with Crippen molar-refractivity contribution in [1.82, 2.24) is 5.32 Å². The van der Waals surface area contributed by atoms with E-state index < -0.39 is 9.84 Å². The zero-order valence-corrected chi connectivity index (χ0v) is 10.7. The summed E-state index contributed by atoms with van der Waals surface area (Å²) in [4.78, 5) is 0.514. The van der Waals surface area contributed by atoms with Gasteiger partial charge in [0, 0.05) is 12.1 Å². The van der Waals surface area contributed by atoms with Gasteiger partial charge in [0.1, 0.15) is 0 Å². The summed E-state index contributed by atoms with van der Waals surface area (Å²) in [5, 5.41) is 3.47. The number of sulfone groups is 1. The van der Waals surface area contributed by atoms with Crippen molar-refractivity contribution in [2.45, 2.75) is 36.7 Å². The molecule has 1 N–H and O–H groups in total. The molecule has 0 spiro atoms. The normalized spacial score (nSPS) is 27.7. The second-order valence-electron chi connectivity index (χ2n) is 5.16. The molecule has 0 aromatic heterocycles. The Bertz CT molecular complexity index is 534. The molecule has 3 rings (SSSR count). The van der Waals surface area contributed by atoms with Gasteiger partial charge in [0.05, 0.1) is 10.6 Å². The Hall–Kier alpha value is -0.870. The van der Waals surface area contributed by atoms with Crippen LogP contribution in [0, 0.1) is 5.92 Å². The molecule has 2 atom stereocenters. The van der Waals surface area contributed by atoms with Gasteiger partial charge < -0.3 is 5.32 Å². The number of fused-ring (bicyclic) bond motifs is 1. The molecular formula is C13H17NO2S. The van der Waals surface area contributed by atoms with Crippen molar-refractivity contribution in [1.29, 1.82) is 0 Å². The van der Waals surface area contributed by atoms with Gasteiger partial charge in [-0.25, -0.2) is 8.42 Å². The molecule has 1 aliphatic heterocycles. The Morgan fingerprint density at radius 2 is 2.00 bits per heavy atom. The molecule has 17 heavy (non-hydrogen) atoms. The molecular weight excluding hydrogens is 234 g/mol. The van der Waals surface area contributed by atoms with Crippen LogP contribution in [0.3, 0.4) is 0 Å². The fourth-order valence-electron chi connectivity index (χ4n) is 2.64. The zero-order chi connectivity index (χ0) is 12.0. The van der Waals surface area contributed by atoms with Crippen LogP contribution in [-0.4, -0.2) is 20.2 Å². The summed E-state index contributed by atoms with van der Waals surface area (Å²) >= 11 is 0. The predicted molar refractivity (Wildman–Crippen MR) is 66.6 cm³/mol. The SMILES string of the molecule is CC(NC1CS(=O)(=O)c2ccccc21)C1CC1. The first-order valence-electron chi connectivity index (χ1n) is 6.15. The molecule has 1 heterocycles. The van der Waals surface area contributed by atoms with Crippen LogP contribution in [-0.2, 0) is 9.84 Å². The molecule has 4 heteroatoms. The summed E-state index contributed by atoms with van der Waals surface area (Å²) < 4.78 is 24.0. The van der Waals surface area contributed by atoms with E-state index in [4.69, 9.17) is 0 Å². The monoisotopic (exact) mass is 251 g/mol.